The molecule has 4 rings (SSSR count). The molecule has 0 saturated heterocycles. The summed E-state index contributed by atoms with van der Waals surface area (Å²) in [6, 6.07) is 8.92. The van der Waals surface area contributed by atoms with Gasteiger partial charge in [0.25, 0.3) is 0 Å². The predicted octanol–water partition coefficient (Wildman–Crippen LogP) is 6.76. The van der Waals surface area contributed by atoms with Crippen molar-refractivity contribution in [2.75, 3.05) is 0 Å². The number of benzene rings is 2. The van der Waals surface area contributed by atoms with Crippen LogP contribution in [0.25, 0.3) is 0 Å². The minimum atomic E-state index is -0.655. The van der Waals surface area contributed by atoms with Gasteiger partial charge >= 0.3 is 21.7 Å². The second kappa shape index (κ2) is 15.7. The molecule has 29 heavy (non-hydrogen) atoms. The van der Waals surface area contributed by atoms with Gasteiger partial charge in [0.1, 0.15) is 0 Å². The van der Waals surface area contributed by atoms with E-state index in [0.717, 1.165) is 12.8 Å². The normalized spacial score (nSPS) is 12.1. The van der Waals surface area contributed by atoms with Crippen molar-refractivity contribution in [3.8, 4) is 0 Å². The number of halogens is 4. The number of hydrogen-bond donors (Lipinski definition) is 0. The number of aryl methyl sites for hydroxylation is 2. The van der Waals surface area contributed by atoms with E-state index in [4.69, 9.17) is 0 Å². The van der Waals surface area contributed by atoms with E-state index < -0.39 is 23.3 Å². The molecule has 0 amide bonds. The average Bonchev–Trinajstić information content (AvgIpc) is 3.41. The Balaban J connectivity index is 0.000000369. The van der Waals surface area contributed by atoms with Crippen LogP contribution < -0.4 is 0 Å². The van der Waals surface area contributed by atoms with Gasteiger partial charge in [-0.2, -0.15) is 24.3 Å². The van der Waals surface area contributed by atoms with E-state index in [1.165, 1.54) is 24.3 Å². The van der Waals surface area contributed by atoms with Gasteiger partial charge in [-0.25, -0.2) is 41.9 Å². The molecule has 0 aliphatic heterocycles. The van der Waals surface area contributed by atoms with Gasteiger partial charge in [0.2, 0.25) is 0 Å². The van der Waals surface area contributed by atoms with Crippen molar-refractivity contribution in [1.82, 2.24) is 0 Å². The fourth-order valence-corrected chi connectivity index (χ4v) is 1.71. The quantitative estimate of drug-likeness (QED) is 0.245. The molecule has 0 heterocycles. The maximum atomic E-state index is 12.3. The molecule has 5 heteroatoms. The number of allylic oxidation sites excluding steroid dienone is 8. The van der Waals surface area contributed by atoms with Crippen LogP contribution in [0.15, 0.2) is 60.7 Å². The molecular formula is C24H20F4Ti. The summed E-state index contributed by atoms with van der Waals surface area (Å²) in [6.45, 7) is 3.12. The first-order valence-corrected chi connectivity index (χ1v) is 8.51. The first kappa shape index (κ1) is 26.8. The molecule has 0 nitrogen and oxygen atoms in total. The largest absolute Gasteiger partial charge is 4.00 e. The number of rotatable bonds is 0. The average molecular weight is 432 g/mol. The summed E-state index contributed by atoms with van der Waals surface area (Å²) < 4.78 is 48.7. The third kappa shape index (κ3) is 12.8. The van der Waals surface area contributed by atoms with Crippen LogP contribution in [0.2, 0.25) is 0 Å². The van der Waals surface area contributed by atoms with Gasteiger partial charge < -0.3 is 0 Å². The third-order valence-corrected chi connectivity index (χ3v) is 3.28. The summed E-state index contributed by atoms with van der Waals surface area (Å²) in [4.78, 5) is 0. The molecule has 148 valence electrons. The molecule has 0 unspecified atom stereocenters. The maximum Gasteiger partial charge on any atom is 4.00 e. The van der Waals surface area contributed by atoms with Gasteiger partial charge in [0.05, 0.1) is 0 Å². The molecule has 0 saturated carbocycles. The van der Waals surface area contributed by atoms with Crippen LogP contribution in [0.1, 0.15) is 24.0 Å². The van der Waals surface area contributed by atoms with Crippen LogP contribution in [0, 0.1) is 61.4 Å². The molecule has 0 bridgehead atoms. The van der Waals surface area contributed by atoms with Crippen molar-refractivity contribution in [2.45, 2.75) is 26.7 Å². The van der Waals surface area contributed by atoms with E-state index in [-0.39, 0.29) is 21.7 Å². The molecule has 0 radical (unpaired) electrons. The predicted molar refractivity (Wildman–Crippen MR) is 103 cm³/mol. The van der Waals surface area contributed by atoms with E-state index in [2.05, 4.69) is 24.3 Å². The molecule has 0 N–H and O–H groups in total. The molecule has 2 aromatic rings. The van der Waals surface area contributed by atoms with Crippen LogP contribution in [0.3, 0.4) is 0 Å². The van der Waals surface area contributed by atoms with Crippen molar-refractivity contribution in [3.63, 3.8) is 0 Å². The van der Waals surface area contributed by atoms with Crippen molar-refractivity contribution in [3.05, 3.63) is 119 Å². The van der Waals surface area contributed by atoms with Gasteiger partial charge in [-0.15, -0.1) is 48.2 Å². The molecule has 2 aromatic carbocycles. The maximum absolute atomic E-state index is 12.3. The zero-order valence-corrected chi connectivity index (χ0v) is 17.8. The van der Waals surface area contributed by atoms with Crippen molar-refractivity contribution in [2.24, 2.45) is 0 Å². The summed E-state index contributed by atoms with van der Waals surface area (Å²) >= 11 is 0. The van der Waals surface area contributed by atoms with Crippen LogP contribution in [-0.4, -0.2) is 0 Å². The summed E-state index contributed by atoms with van der Waals surface area (Å²) in [5.74, 6) is -2.54. The Bertz CT molecular complexity index is 760. The second-order valence-corrected chi connectivity index (χ2v) is 5.61. The van der Waals surface area contributed by atoms with Crippen LogP contribution in [-0.2, 0) is 21.7 Å². The topological polar surface area (TPSA) is 0 Å². The summed E-state index contributed by atoms with van der Waals surface area (Å²) in [7, 11) is 0. The van der Waals surface area contributed by atoms with Gasteiger partial charge in [-0.05, 0) is 0 Å². The first-order valence-electron chi connectivity index (χ1n) is 8.51. The van der Waals surface area contributed by atoms with Gasteiger partial charge in [0, 0.05) is 23.3 Å². The first-order chi connectivity index (χ1) is 13.4. The zero-order chi connectivity index (χ0) is 20.8. The van der Waals surface area contributed by atoms with Gasteiger partial charge in [-0.3, -0.25) is 12.2 Å². The fourth-order valence-electron chi connectivity index (χ4n) is 1.71. The third-order valence-electron chi connectivity index (χ3n) is 3.28. The van der Waals surface area contributed by atoms with Crippen LogP contribution in [0.5, 0.6) is 0 Å². The zero-order valence-electron chi connectivity index (χ0n) is 16.2. The Hall–Kier alpha value is -2.17. The standard InChI is InChI=1S/2C7H5F2.2C5H5.Ti/c2*1-5-2-3-6(8)4-7(5)9;2*1-2-4-5-3-1;/h2*2-3H,1H3;2*1-3H,4H2;/q4*-1;+4. The SMILES string of the molecule is Cc1ccc(F)[c-]c1F.Cc1ccc(F)[c-]c1F.[C-]1=CC=CC1.[C-]1=CC=CC1.[Ti+4]. The van der Waals surface area contributed by atoms with Crippen molar-refractivity contribution in [1.29, 1.82) is 0 Å². The summed E-state index contributed by atoms with van der Waals surface area (Å²) in [5, 5.41) is 0. The molecule has 0 atom stereocenters. The Morgan fingerprint density at radius 3 is 1.21 bits per heavy atom. The molecule has 0 aromatic heterocycles. The van der Waals surface area contributed by atoms with E-state index in [1.807, 2.05) is 36.4 Å². The van der Waals surface area contributed by atoms with Gasteiger partial charge in [-0.1, -0.05) is 13.8 Å². The van der Waals surface area contributed by atoms with E-state index in [1.54, 1.807) is 13.8 Å². The fraction of sp³-hybridized carbons (Fsp3) is 0.167. The molecule has 2 aliphatic rings. The monoisotopic (exact) mass is 432 g/mol. The van der Waals surface area contributed by atoms with Crippen LogP contribution >= 0.6 is 0 Å². The Morgan fingerprint density at radius 2 is 1.03 bits per heavy atom. The molecule has 0 spiro atoms. The van der Waals surface area contributed by atoms with Gasteiger partial charge in [0.15, 0.2) is 0 Å². The van der Waals surface area contributed by atoms with E-state index in [9.17, 15) is 17.6 Å². The molecule has 0 fully saturated rings. The second-order valence-electron chi connectivity index (χ2n) is 5.61. The summed E-state index contributed by atoms with van der Waals surface area (Å²) in [5.41, 5.74) is 0.827. The summed E-state index contributed by atoms with van der Waals surface area (Å²) in [6.07, 6.45) is 20.0. The molecule has 2 aliphatic carbocycles. The minimum Gasteiger partial charge on any atom is -0.273 e. The van der Waals surface area contributed by atoms with E-state index >= 15 is 0 Å². The number of hydrogen-bond acceptors (Lipinski definition) is 0. The smallest absolute Gasteiger partial charge is 0.273 e. The molecular weight excluding hydrogens is 412 g/mol. The van der Waals surface area contributed by atoms with Crippen molar-refractivity contribution >= 4 is 0 Å². The van der Waals surface area contributed by atoms with E-state index in [0.29, 0.717) is 11.1 Å². The Kier molecular flexibility index (Phi) is 14.5. The van der Waals surface area contributed by atoms with Crippen molar-refractivity contribution < 1.29 is 39.3 Å². The Morgan fingerprint density at radius 1 is 0.655 bits per heavy atom. The van der Waals surface area contributed by atoms with Crippen LogP contribution in [0.4, 0.5) is 17.6 Å². The Labute approximate surface area is 185 Å². The minimum absolute atomic E-state index is 0.